The summed E-state index contributed by atoms with van der Waals surface area (Å²) < 4.78 is 14.1. The van der Waals surface area contributed by atoms with Gasteiger partial charge >= 0.3 is 0 Å². The second kappa shape index (κ2) is 6.87. The predicted octanol–water partition coefficient (Wildman–Crippen LogP) is 4.64. The number of nitrogens with one attached hydrogen (secondary N) is 1. The first-order valence-corrected chi connectivity index (χ1v) is 7.41. The molecule has 1 unspecified atom stereocenters. The first-order chi connectivity index (χ1) is 9.51. The van der Waals surface area contributed by atoms with E-state index in [2.05, 4.69) is 21.4 Å². The fourth-order valence-corrected chi connectivity index (χ4v) is 2.85. The molecule has 0 spiro atoms. The maximum absolute atomic E-state index is 13.2. The Labute approximate surface area is 135 Å². The first kappa shape index (κ1) is 15.7. The standard InChI is InChI=1S/C14H12BrCl2FN2/c15-11-3-2-9(16)7-10(11)14(20-19)6-8-1-4-13(18)12(17)5-8/h1-5,7,14,20H,6,19H2. The Morgan fingerprint density at radius 3 is 2.60 bits per heavy atom. The van der Waals surface area contributed by atoms with Gasteiger partial charge in [-0.3, -0.25) is 11.3 Å². The molecule has 3 N–H and O–H groups in total. The first-order valence-electron chi connectivity index (χ1n) is 5.86. The zero-order valence-corrected chi connectivity index (χ0v) is 13.4. The minimum Gasteiger partial charge on any atom is -0.271 e. The number of benzene rings is 2. The normalized spacial score (nSPS) is 12.4. The monoisotopic (exact) mass is 376 g/mol. The number of rotatable bonds is 4. The number of hydrogen-bond acceptors (Lipinski definition) is 2. The quantitative estimate of drug-likeness (QED) is 0.601. The van der Waals surface area contributed by atoms with Crippen molar-refractivity contribution in [1.29, 1.82) is 0 Å². The Balaban J connectivity index is 2.28. The van der Waals surface area contributed by atoms with E-state index < -0.39 is 5.82 Å². The van der Waals surface area contributed by atoms with Crippen molar-refractivity contribution in [1.82, 2.24) is 5.43 Å². The van der Waals surface area contributed by atoms with Gasteiger partial charge in [0, 0.05) is 9.50 Å². The van der Waals surface area contributed by atoms with Crippen LogP contribution < -0.4 is 11.3 Å². The zero-order valence-electron chi connectivity index (χ0n) is 10.3. The van der Waals surface area contributed by atoms with Crippen LogP contribution in [-0.2, 0) is 6.42 Å². The molecule has 20 heavy (non-hydrogen) atoms. The summed E-state index contributed by atoms with van der Waals surface area (Å²) in [5.74, 6) is 5.18. The molecule has 0 aliphatic rings. The Morgan fingerprint density at radius 1 is 1.20 bits per heavy atom. The summed E-state index contributed by atoms with van der Waals surface area (Å²) >= 11 is 15.3. The van der Waals surface area contributed by atoms with Crippen LogP contribution in [0.5, 0.6) is 0 Å². The van der Waals surface area contributed by atoms with Crippen molar-refractivity contribution in [3.8, 4) is 0 Å². The second-order valence-electron chi connectivity index (χ2n) is 4.34. The van der Waals surface area contributed by atoms with E-state index in [1.54, 1.807) is 18.2 Å². The molecule has 106 valence electrons. The fourth-order valence-electron chi connectivity index (χ4n) is 1.94. The number of nitrogens with two attached hydrogens (primary N) is 1. The van der Waals surface area contributed by atoms with Crippen molar-refractivity contribution < 1.29 is 4.39 Å². The van der Waals surface area contributed by atoms with Gasteiger partial charge in [0.15, 0.2) is 0 Å². The number of hydrogen-bond donors (Lipinski definition) is 2. The van der Waals surface area contributed by atoms with Crippen molar-refractivity contribution in [3.63, 3.8) is 0 Å². The predicted molar refractivity (Wildman–Crippen MR) is 84.3 cm³/mol. The van der Waals surface area contributed by atoms with Gasteiger partial charge in [-0.25, -0.2) is 4.39 Å². The van der Waals surface area contributed by atoms with Gasteiger partial charge in [0.2, 0.25) is 0 Å². The summed E-state index contributed by atoms with van der Waals surface area (Å²) in [6, 6.07) is 9.95. The van der Waals surface area contributed by atoms with Crippen LogP contribution in [0.4, 0.5) is 4.39 Å². The van der Waals surface area contributed by atoms with Crippen LogP contribution in [0.25, 0.3) is 0 Å². The van der Waals surface area contributed by atoms with Crippen LogP contribution in [-0.4, -0.2) is 0 Å². The van der Waals surface area contributed by atoms with E-state index >= 15 is 0 Å². The van der Waals surface area contributed by atoms with E-state index in [1.807, 2.05) is 12.1 Å². The fraction of sp³-hybridized carbons (Fsp3) is 0.143. The highest BCUT2D eigenvalue weighted by molar-refractivity contribution is 9.10. The number of hydrazine groups is 1. The molecule has 1 atom stereocenters. The Hall–Kier alpha value is -0.650. The summed E-state index contributed by atoms with van der Waals surface area (Å²) in [6.45, 7) is 0. The van der Waals surface area contributed by atoms with E-state index in [9.17, 15) is 4.39 Å². The summed E-state index contributed by atoms with van der Waals surface area (Å²) in [4.78, 5) is 0. The minimum absolute atomic E-state index is 0.100. The molecule has 0 amide bonds. The average molecular weight is 378 g/mol. The van der Waals surface area contributed by atoms with Gasteiger partial charge in [-0.15, -0.1) is 0 Å². The largest absolute Gasteiger partial charge is 0.271 e. The van der Waals surface area contributed by atoms with Gasteiger partial charge in [0.1, 0.15) is 5.82 Å². The van der Waals surface area contributed by atoms with Gasteiger partial charge in [-0.1, -0.05) is 45.2 Å². The van der Waals surface area contributed by atoms with Crippen LogP contribution in [0, 0.1) is 5.82 Å². The van der Waals surface area contributed by atoms with Crippen LogP contribution in [0.3, 0.4) is 0 Å². The maximum atomic E-state index is 13.2. The third kappa shape index (κ3) is 3.71. The molecule has 0 saturated heterocycles. The van der Waals surface area contributed by atoms with Crippen molar-refractivity contribution in [2.24, 2.45) is 5.84 Å². The minimum atomic E-state index is -0.434. The average Bonchev–Trinajstić information content (AvgIpc) is 2.43. The highest BCUT2D eigenvalue weighted by atomic mass is 79.9. The smallest absolute Gasteiger partial charge is 0.141 e. The van der Waals surface area contributed by atoms with Crippen LogP contribution in [0.15, 0.2) is 40.9 Å². The molecule has 2 aromatic rings. The van der Waals surface area contributed by atoms with E-state index in [0.29, 0.717) is 11.4 Å². The van der Waals surface area contributed by atoms with Crippen LogP contribution in [0.2, 0.25) is 10.0 Å². The van der Waals surface area contributed by atoms with Gasteiger partial charge in [-0.05, 0) is 47.9 Å². The van der Waals surface area contributed by atoms with Crippen molar-refractivity contribution >= 4 is 39.1 Å². The van der Waals surface area contributed by atoms with Crippen molar-refractivity contribution in [3.05, 3.63) is 67.9 Å². The van der Waals surface area contributed by atoms with E-state index in [1.165, 1.54) is 6.07 Å². The molecule has 0 aliphatic heterocycles. The lowest BCUT2D eigenvalue weighted by atomic mass is 9.99. The topological polar surface area (TPSA) is 38.0 Å². The molecule has 0 aromatic heterocycles. The van der Waals surface area contributed by atoms with E-state index in [0.717, 1.165) is 15.6 Å². The third-order valence-corrected chi connectivity index (χ3v) is 4.21. The molecule has 0 radical (unpaired) electrons. The lowest BCUT2D eigenvalue weighted by molar-refractivity contribution is 0.549. The lowest BCUT2D eigenvalue weighted by Gasteiger charge is -2.18. The molecular weight excluding hydrogens is 366 g/mol. The van der Waals surface area contributed by atoms with Gasteiger partial charge < -0.3 is 0 Å². The molecule has 0 saturated carbocycles. The SMILES string of the molecule is NNC(Cc1ccc(F)c(Cl)c1)c1cc(Cl)ccc1Br. The number of halogens is 4. The molecule has 2 rings (SSSR count). The summed E-state index contributed by atoms with van der Waals surface area (Å²) in [5.41, 5.74) is 4.56. The Kier molecular flexibility index (Phi) is 5.41. The molecule has 2 nitrogen and oxygen atoms in total. The molecular formula is C14H12BrCl2FN2. The van der Waals surface area contributed by atoms with E-state index in [4.69, 9.17) is 29.0 Å². The highest BCUT2D eigenvalue weighted by Gasteiger charge is 2.15. The Morgan fingerprint density at radius 2 is 1.95 bits per heavy atom. The molecule has 0 fully saturated rings. The van der Waals surface area contributed by atoms with Crippen LogP contribution >= 0.6 is 39.1 Å². The molecule has 2 aromatic carbocycles. The van der Waals surface area contributed by atoms with Crippen molar-refractivity contribution in [2.75, 3.05) is 0 Å². The molecule has 6 heteroatoms. The Bertz CT molecular complexity index is 622. The van der Waals surface area contributed by atoms with Gasteiger partial charge in [0.25, 0.3) is 0 Å². The van der Waals surface area contributed by atoms with Gasteiger partial charge in [0.05, 0.1) is 11.1 Å². The zero-order chi connectivity index (χ0) is 14.7. The lowest BCUT2D eigenvalue weighted by Crippen LogP contribution is -2.29. The second-order valence-corrected chi connectivity index (χ2v) is 6.04. The highest BCUT2D eigenvalue weighted by Crippen LogP contribution is 2.29. The molecule has 0 bridgehead atoms. The third-order valence-electron chi connectivity index (χ3n) is 2.96. The van der Waals surface area contributed by atoms with Crippen molar-refractivity contribution in [2.45, 2.75) is 12.5 Å². The van der Waals surface area contributed by atoms with E-state index in [-0.39, 0.29) is 11.1 Å². The molecule has 0 heterocycles. The van der Waals surface area contributed by atoms with Gasteiger partial charge in [-0.2, -0.15) is 0 Å². The maximum Gasteiger partial charge on any atom is 0.141 e. The summed E-state index contributed by atoms with van der Waals surface area (Å²) in [6.07, 6.45) is 0.565. The summed E-state index contributed by atoms with van der Waals surface area (Å²) in [7, 11) is 0. The summed E-state index contributed by atoms with van der Waals surface area (Å²) in [5, 5.41) is 0.726. The van der Waals surface area contributed by atoms with Crippen LogP contribution in [0.1, 0.15) is 17.2 Å². The molecule has 0 aliphatic carbocycles.